The fourth-order valence-electron chi connectivity index (χ4n) is 1.05. The summed E-state index contributed by atoms with van der Waals surface area (Å²) in [4.78, 5) is 10.3. The number of likely N-dealkylation sites (N-methyl/N-ethyl adjacent to an activating group) is 1. The number of nitrogens with one attached hydrogen (secondary N) is 1. The van der Waals surface area contributed by atoms with Crippen LogP contribution in [0.4, 0.5) is 5.82 Å². The second-order valence-corrected chi connectivity index (χ2v) is 4.05. The molecule has 0 aliphatic rings. The van der Waals surface area contributed by atoms with Crippen LogP contribution in [0.3, 0.4) is 0 Å². The summed E-state index contributed by atoms with van der Waals surface area (Å²) in [5.74, 6) is 0.649. The fourth-order valence-corrected chi connectivity index (χ4v) is 1.22. The topological polar surface area (TPSA) is 41.0 Å². The molecule has 5 heteroatoms. The minimum Gasteiger partial charge on any atom is -0.366 e. The average Bonchev–Trinajstić information content (AvgIpc) is 2.20. The molecule has 0 unspecified atom stereocenters. The van der Waals surface area contributed by atoms with Gasteiger partial charge in [-0.1, -0.05) is 11.6 Å². The molecule has 15 heavy (non-hydrogen) atoms. The van der Waals surface area contributed by atoms with E-state index >= 15 is 0 Å². The molecule has 0 aliphatic heterocycles. The van der Waals surface area contributed by atoms with Crippen molar-refractivity contribution in [3.63, 3.8) is 0 Å². The van der Waals surface area contributed by atoms with Gasteiger partial charge in [-0.3, -0.25) is 0 Å². The van der Waals surface area contributed by atoms with Gasteiger partial charge in [0.2, 0.25) is 0 Å². The highest BCUT2D eigenvalue weighted by molar-refractivity contribution is 6.31. The highest BCUT2D eigenvalue weighted by Crippen LogP contribution is 2.13. The lowest BCUT2D eigenvalue weighted by molar-refractivity contribution is 0.284. The van der Waals surface area contributed by atoms with E-state index in [4.69, 9.17) is 11.6 Å². The second kappa shape index (κ2) is 5.88. The van der Waals surface area contributed by atoms with Gasteiger partial charge in [0.1, 0.15) is 0 Å². The summed E-state index contributed by atoms with van der Waals surface area (Å²) < 4.78 is 0. The molecule has 0 amide bonds. The highest BCUT2D eigenvalue weighted by atomic mass is 35.5. The summed E-state index contributed by atoms with van der Waals surface area (Å²) in [6.07, 6.45) is 3.20. The van der Waals surface area contributed by atoms with Crippen LogP contribution in [0.1, 0.15) is 13.8 Å². The first-order chi connectivity index (χ1) is 7.11. The minimum absolute atomic E-state index is 0.421. The third-order valence-electron chi connectivity index (χ3n) is 2.29. The smallest absolute Gasteiger partial charge is 0.171 e. The molecular weight excluding hydrogens is 212 g/mol. The van der Waals surface area contributed by atoms with E-state index in [1.54, 1.807) is 12.4 Å². The number of hydrogen-bond donors (Lipinski definition) is 1. The lowest BCUT2D eigenvalue weighted by Gasteiger charge is -2.21. The molecular formula is C10H17ClN4. The molecule has 0 aliphatic carbocycles. The maximum Gasteiger partial charge on any atom is 0.171 e. The molecule has 0 atom stereocenters. The number of halogens is 1. The molecule has 1 rings (SSSR count). The number of hydrogen-bond acceptors (Lipinski definition) is 4. The van der Waals surface area contributed by atoms with E-state index < -0.39 is 0 Å². The van der Waals surface area contributed by atoms with E-state index in [1.807, 2.05) is 0 Å². The van der Waals surface area contributed by atoms with Gasteiger partial charge in [0.25, 0.3) is 0 Å². The molecule has 0 saturated heterocycles. The van der Waals surface area contributed by atoms with Gasteiger partial charge in [0.05, 0.1) is 0 Å². The summed E-state index contributed by atoms with van der Waals surface area (Å²) >= 11 is 5.85. The van der Waals surface area contributed by atoms with Crippen LogP contribution in [0, 0.1) is 0 Å². The van der Waals surface area contributed by atoms with Crippen molar-refractivity contribution in [3.8, 4) is 0 Å². The van der Waals surface area contributed by atoms with Crippen LogP contribution in [-0.4, -0.2) is 41.0 Å². The number of rotatable bonds is 5. The van der Waals surface area contributed by atoms with Crippen molar-refractivity contribution in [2.24, 2.45) is 0 Å². The lowest BCUT2D eigenvalue weighted by Crippen LogP contribution is -2.31. The molecule has 0 fully saturated rings. The zero-order valence-electron chi connectivity index (χ0n) is 9.37. The maximum atomic E-state index is 5.85. The third-order valence-corrected chi connectivity index (χ3v) is 2.57. The summed E-state index contributed by atoms with van der Waals surface area (Å²) in [5.41, 5.74) is 0. The Labute approximate surface area is 95.7 Å². The minimum atomic E-state index is 0.421. The van der Waals surface area contributed by atoms with Crippen LogP contribution in [0.5, 0.6) is 0 Å². The van der Waals surface area contributed by atoms with Gasteiger partial charge in [-0.15, -0.1) is 0 Å². The van der Waals surface area contributed by atoms with Crippen LogP contribution >= 0.6 is 11.6 Å². The summed E-state index contributed by atoms with van der Waals surface area (Å²) in [6, 6.07) is 0.545. The first-order valence-corrected chi connectivity index (χ1v) is 5.39. The number of aromatic nitrogens is 2. The number of nitrogens with zero attached hydrogens (tertiary/aromatic N) is 3. The van der Waals surface area contributed by atoms with Gasteiger partial charge in [-0.05, 0) is 20.9 Å². The molecule has 4 nitrogen and oxygen atoms in total. The van der Waals surface area contributed by atoms with Gasteiger partial charge < -0.3 is 10.2 Å². The van der Waals surface area contributed by atoms with Gasteiger partial charge in [0, 0.05) is 31.5 Å². The van der Waals surface area contributed by atoms with Crippen molar-refractivity contribution in [1.82, 2.24) is 14.9 Å². The normalized spacial score (nSPS) is 11.1. The Morgan fingerprint density at radius 1 is 1.40 bits per heavy atom. The molecule has 84 valence electrons. The first kappa shape index (κ1) is 12.2. The van der Waals surface area contributed by atoms with Crippen LogP contribution in [0.15, 0.2) is 12.4 Å². The van der Waals surface area contributed by atoms with Crippen LogP contribution < -0.4 is 5.32 Å². The summed E-state index contributed by atoms with van der Waals surface area (Å²) in [5, 5.41) is 3.57. The quantitative estimate of drug-likeness (QED) is 0.836. The standard InChI is InChI=1S/C10H17ClN4/c1-8(2)15(3)7-6-14-10-9(11)12-4-5-13-10/h4-5,8H,6-7H2,1-3H3,(H,13,14). The SMILES string of the molecule is CC(C)N(C)CCNc1nccnc1Cl. The fraction of sp³-hybridized carbons (Fsp3) is 0.600. The van der Waals surface area contributed by atoms with E-state index in [0.29, 0.717) is 17.0 Å². The van der Waals surface area contributed by atoms with Gasteiger partial charge in [-0.25, -0.2) is 9.97 Å². The van der Waals surface area contributed by atoms with E-state index in [-0.39, 0.29) is 0 Å². The van der Waals surface area contributed by atoms with Gasteiger partial charge in [-0.2, -0.15) is 0 Å². The Balaban J connectivity index is 2.35. The molecule has 0 spiro atoms. The summed E-state index contributed by atoms with van der Waals surface area (Å²) in [6.45, 7) is 6.09. The molecule has 1 aromatic rings. The molecule has 0 bridgehead atoms. The summed E-state index contributed by atoms with van der Waals surface area (Å²) in [7, 11) is 2.09. The van der Waals surface area contributed by atoms with Crippen molar-refractivity contribution in [1.29, 1.82) is 0 Å². The molecule has 0 saturated carbocycles. The Morgan fingerprint density at radius 3 is 2.67 bits per heavy atom. The lowest BCUT2D eigenvalue weighted by atomic mass is 10.3. The predicted molar refractivity (Wildman–Crippen MR) is 63.3 cm³/mol. The van der Waals surface area contributed by atoms with Crippen molar-refractivity contribution >= 4 is 17.4 Å². The molecule has 1 N–H and O–H groups in total. The Hall–Kier alpha value is -0.870. The largest absolute Gasteiger partial charge is 0.366 e. The molecule has 1 heterocycles. The van der Waals surface area contributed by atoms with Crippen LogP contribution in [0.2, 0.25) is 5.15 Å². The molecule has 1 aromatic heterocycles. The highest BCUT2D eigenvalue weighted by Gasteiger charge is 2.04. The Kier molecular flexibility index (Phi) is 4.78. The Morgan fingerprint density at radius 2 is 2.07 bits per heavy atom. The first-order valence-electron chi connectivity index (χ1n) is 5.02. The average molecular weight is 229 g/mol. The van der Waals surface area contributed by atoms with E-state index in [0.717, 1.165) is 13.1 Å². The second-order valence-electron chi connectivity index (χ2n) is 3.70. The van der Waals surface area contributed by atoms with Crippen molar-refractivity contribution in [3.05, 3.63) is 17.5 Å². The third kappa shape index (κ3) is 4.01. The monoisotopic (exact) mass is 228 g/mol. The zero-order valence-corrected chi connectivity index (χ0v) is 10.1. The van der Waals surface area contributed by atoms with Crippen molar-refractivity contribution < 1.29 is 0 Å². The van der Waals surface area contributed by atoms with Gasteiger partial charge in [0.15, 0.2) is 11.0 Å². The molecule has 0 radical (unpaired) electrons. The maximum absolute atomic E-state index is 5.85. The van der Waals surface area contributed by atoms with E-state index in [1.165, 1.54) is 0 Å². The predicted octanol–water partition coefficient (Wildman–Crippen LogP) is 1.88. The van der Waals surface area contributed by atoms with Crippen molar-refractivity contribution in [2.45, 2.75) is 19.9 Å². The van der Waals surface area contributed by atoms with E-state index in [9.17, 15) is 0 Å². The Bertz CT molecular complexity index is 303. The van der Waals surface area contributed by atoms with E-state index in [2.05, 4.69) is 41.1 Å². The van der Waals surface area contributed by atoms with Gasteiger partial charge >= 0.3 is 0 Å². The van der Waals surface area contributed by atoms with Crippen molar-refractivity contribution in [2.75, 3.05) is 25.5 Å². The van der Waals surface area contributed by atoms with Crippen LogP contribution in [-0.2, 0) is 0 Å². The van der Waals surface area contributed by atoms with Crippen LogP contribution in [0.25, 0.3) is 0 Å². The number of anilines is 1. The molecule has 0 aromatic carbocycles. The zero-order chi connectivity index (χ0) is 11.3.